The monoisotopic (exact) mass is 310 g/mol. The Morgan fingerprint density at radius 1 is 1.29 bits per heavy atom. The summed E-state index contributed by atoms with van der Waals surface area (Å²) in [5.74, 6) is -0.204. The van der Waals surface area contributed by atoms with Crippen LogP contribution < -0.4 is 28.5 Å². The first-order valence-corrected chi connectivity index (χ1v) is 6.40. The van der Waals surface area contributed by atoms with E-state index in [0.29, 0.717) is 11.3 Å². The van der Waals surface area contributed by atoms with Crippen LogP contribution in [0.25, 0.3) is 11.0 Å². The maximum Gasteiger partial charge on any atom is 0.336 e. The van der Waals surface area contributed by atoms with Gasteiger partial charge in [-0.05, 0) is 30.5 Å². The molecule has 0 fully saturated rings. The topological polar surface area (TPSA) is 82.5 Å². The minimum Gasteiger partial charge on any atom is -1.00 e. The van der Waals surface area contributed by atoms with E-state index in [4.69, 9.17) is 14.9 Å². The summed E-state index contributed by atoms with van der Waals surface area (Å²) in [7, 11) is 0. The number of nitrogens with two attached hydrogens (primary N) is 1. The quantitative estimate of drug-likeness (QED) is 0.446. The van der Waals surface area contributed by atoms with Gasteiger partial charge in [0.15, 0.2) is 0 Å². The molecule has 2 rings (SSSR count). The van der Waals surface area contributed by atoms with Crippen molar-refractivity contribution >= 4 is 16.9 Å². The summed E-state index contributed by atoms with van der Waals surface area (Å²) in [5.41, 5.74) is 6.49. The molecule has 1 heterocycles. The Bertz CT molecular complexity index is 708. The average molecular weight is 311 g/mol. The Balaban J connectivity index is 0.00000220. The molecule has 21 heavy (non-hydrogen) atoms. The minimum absolute atomic E-state index is 0. The highest BCUT2D eigenvalue weighted by Gasteiger charge is 2.19. The molecule has 0 amide bonds. The third-order valence-electron chi connectivity index (χ3n) is 3.13. The molecule has 1 aromatic carbocycles. The van der Waals surface area contributed by atoms with E-state index in [9.17, 15) is 9.59 Å². The second-order valence-corrected chi connectivity index (χ2v) is 5.10. The first kappa shape index (κ1) is 17.2. The molecule has 0 aliphatic carbocycles. The van der Waals surface area contributed by atoms with Crippen molar-refractivity contribution in [2.24, 2.45) is 11.7 Å². The fraction of sp³-hybridized carbons (Fsp3) is 0.333. The number of fused-ring (bicyclic) bond motifs is 1. The molecule has 2 N–H and O–H groups in total. The number of hydrogen-bond acceptors (Lipinski definition) is 5. The summed E-state index contributed by atoms with van der Waals surface area (Å²) in [6, 6.07) is 5.66. The number of benzene rings is 1. The van der Waals surface area contributed by atoms with E-state index in [1.165, 1.54) is 12.1 Å². The lowest BCUT2D eigenvalue weighted by Gasteiger charge is -2.14. The summed E-state index contributed by atoms with van der Waals surface area (Å²) in [4.78, 5) is 23.1. The SMILES string of the molecule is Cc1cc(=O)oc2cc(OC(=O)C(N)C(C)C)ccc12.[Cl-]. The number of hydrogen-bond donors (Lipinski definition) is 1. The van der Waals surface area contributed by atoms with Gasteiger partial charge in [0.25, 0.3) is 0 Å². The zero-order chi connectivity index (χ0) is 14.9. The molecule has 1 aromatic heterocycles. The Labute approximate surface area is 128 Å². The molecule has 0 aliphatic rings. The lowest BCUT2D eigenvalue weighted by molar-refractivity contribution is -0.136. The van der Waals surface area contributed by atoms with Crippen molar-refractivity contribution in [3.63, 3.8) is 0 Å². The van der Waals surface area contributed by atoms with Crippen molar-refractivity contribution in [1.82, 2.24) is 0 Å². The maximum atomic E-state index is 11.8. The number of carbonyl (C=O) groups is 1. The van der Waals surface area contributed by atoms with Gasteiger partial charge in [0, 0.05) is 17.5 Å². The standard InChI is InChI=1S/C15H17NO4.ClH/c1-8(2)14(16)15(18)19-10-4-5-11-9(3)6-13(17)20-12(11)7-10;/h4-8,14H,16H2,1-3H3;1H/p-1. The molecule has 5 nitrogen and oxygen atoms in total. The van der Waals surface area contributed by atoms with Crippen LogP contribution >= 0.6 is 0 Å². The van der Waals surface area contributed by atoms with Crippen molar-refractivity contribution < 1.29 is 26.4 Å². The number of carbonyl (C=O) groups excluding carboxylic acids is 1. The Morgan fingerprint density at radius 3 is 2.57 bits per heavy atom. The van der Waals surface area contributed by atoms with Gasteiger partial charge >= 0.3 is 11.6 Å². The van der Waals surface area contributed by atoms with E-state index >= 15 is 0 Å². The second-order valence-electron chi connectivity index (χ2n) is 5.10. The summed E-state index contributed by atoms with van der Waals surface area (Å²) in [6.07, 6.45) is 0. The zero-order valence-electron chi connectivity index (χ0n) is 12.1. The summed E-state index contributed by atoms with van der Waals surface area (Å²) in [6.45, 7) is 5.50. The van der Waals surface area contributed by atoms with Crippen molar-refractivity contribution in [2.75, 3.05) is 0 Å². The predicted molar refractivity (Wildman–Crippen MR) is 75.7 cm³/mol. The van der Waals surface area contributed by atoms with Crippen molar-refractivity contribution in [3.05, 3.63) is 40.2 Å². The largest absolute Gasteiger partial charge is 1.00 e. The molecule has 0 spiro atoms. The maximum absolute atomic E-state index is 11.8. The molecule has 0 bridgehead atoms. The summed E-state index contributed by atoms with van der Waals surface area (Å²) >= 11 is 0. The lowest BCUT2D eigenvalue weighted by Crippen LogP contribution is -3.00. The summed E-state index contributed by atoms with van der Waals surface area (Å²) < 4.78 is 10.3. The first-order valence-electron chi connectivity index (χ1n) is 6.40. The Morgan fingerprint density at radius 2 is 1.95 bits per heavy atom. The van der Waals surface area contributed by atoms with Gasteiger partial charge in [0.1, 0.15) is 17.4 Å². The van der Waals surface area contributed by atoms with Crippen LogP contribution in [0.2, 0.25) is 0 Å². The van der Waals surface area contributed by atoms with Gasteiger partial charge in [-0.25, -0.2) is 9.59 Å². The number of ether oxygens (including phenoxy) is 1. The fourth-order valence-electron chi connectivity index (χ4n) is 1.83. The van der Waals surface area contributed by atoms with Crippen LogP contribution in [0.5, 0.6) is 5.75 Å². The van der Waals surface area contributed by atoms with E-state index < -0.39 is 17.6 Å². The van der Waals surface area contributed by atoms with Gasteiger partial charge < -0.3 is 27.3 Å². The van der Waals surface area contributed by atoms with Crippen molar-refractivity contribution in [2.45, 2.75) is 26.8 Å². The van der Waals surface area contributed by atoms with Gasteiger partial charge in [0.2, 0.25) is 0 Å². The molecule has 2 aromatic rings. The Kier molecular flexibility index (Phi) is 5.52. The third-order valence-corrected chi connectivity index (χ3v) is 3.13. The van der Waals surface area contributed by atoms with E-state index in [1.54, 1.807) is 12.1 Å². The molecule has 0 aliphatic heterocycles. The average Bonchev–Trinajstić information content (AvgIpc) is 2.36. The van der Waals surface area contributed by atoms with Gasteiger partial charge in [-0.3, -0.25) is 0 Å². The third kappa shape index (κ3) is 3.83. The highest BCUT2D eigenvalue weighted by atomic mass is 35.5. The van der Waals surface area contributed by atoms with Crippen molar-refractivity contribution in [3.8, 4) is 5.75 Å². The molecule has 0 saturated carbocycles. The molecular weight excluding hydrogens is 294 g/mol. The number of aryl methyl sites for hydroxylation is 1. The van der Waals surface area contributed by atoms with Crippen molar-refractivity contribution in [1.29, 1.82) is 0 Å². The Hall–Kier alpha value is -1.85. The predicted octanol–water partition coefficient (Wildman–Crippen LogP) is -1.01. The van der Waals surface area contributed by atoms with Crippen LogP contribution in [0.3, 0.4) is 0 Å². The number of halogens is 1. The van der Waals surface area contributed by atoms with E-state index in [2.05, 4.69) is 0 Å². The van der Waals surface area contributed by atoms with Crippen LogP contribution in [-0.2, 0) is 4.79 Å². The second kappa shape index (κ2) is 6.74. The number of esters is 1. The highest BCUT2D eigenvalue weighted by Crippen LogP contribution is 2.22. The molecule has 1 unspecified atom stereocenters. The lowest BCUT2D eigenvalue weighted by atomic mass is 10.1. The molecular formula is C15H17ClNO4-. The molecule has 6 heteroatoms. The van der Waals surface area contributed by atoms with Gasteiger partial charge in [-0.1, -0.05) is 13.8 Å². The van der Waals surface area contributed by atoms with Gasteiger partial charge in [-0.2, -0.15) is 0 Å². The smallest absolute Gasteiger partial charge is 0.336 e. The highest BCUT2D eigenvalue weighted by molar-refractivity contribution is 5.83. The first-order chi connectivity index (χ1) is 9.38. The summed E-state index contributed by atoms with van der Waals surface area (Å²) in [5, 5.41) is 0.803. The normalized spacial score (nSPS) is 12.0. The van der Waals surface area contributed by atoms with Crippen LogP contribution in [0.15, 0.2) is 33.5 Å². The molecule has 1 atom stereocenters. The van der Waals surface area contributed by atoms with Gasteiger partial charge in [0.05, 0.1) is 0 Å². The molecule has 114 valence electrons. The van der Waals surface area contributed by atoms with Crippen LogP contribution in [-0.4, -0.2) is 12.0 Å². The van der Waals surface area contributed by atoms with Crippen LogP contribution in [0, 0.1) is 12.8 Å². The minimum atomic E-state index is -0.685. The van der Waals surface area contributed by atoms with E-state index in [0.717, 1.165) is 10.9 Å². The van der Waals surface area contributed by atoms with Crippen LogP contribution in [0.4, 0.5) is 0 Å². The molecule has 0 radical (unpaired) electrons. The van der Waals surface area contributed by atoms with E-state index in [1.807, 2.05) is 20.8 Å². The van der Waals surface area contributed by atoms with E-state index in [-0.39, 0.29) is 18.3 Å². The fourth-order valence-corrected chi connectivity index (χ4v) is 1.83. The van der Waals surface area contributed by atoms with Gasteiger partial charge in [-0.15, -0.1) is 0 Å². The van der Waals surface area contributed by atoms with Crippen LogP contribution in [0.1, 0.15) is 19.4 Å². The number of rotatable bonds is 3. The molecule has 0 saturated heterocycles. The zero-order valence-corrected chi connectivity index (χ0v) is 12.8.